The van der Waals surface area contributed by atoms with Crippen molar-refractivity contribution in [3.63, 3.8) is 0 Å². The summed E-state index contributed by atoms with van der Waals surface area (Å²) in [6.45, 7) is 15.4. The molecule has 0 bridgehead atoms. The van der Waals surface area contributed by atoms with Crippen LogP contribution in [0.2, 0.25) is 0 Å². The number of hydrogen-bond acceptors (Lipinski definition) is 9. The minimum Gasteiger partial charge on any atom is -0.481 e. The zero-order chi connectivity index (χ0) is 30.2. The van der Waals surface area contributed by atoms with Gasteiger partial charge < -0.3 is 45.2 Å². The van der Waals surface area contributed by atoms with Gasteiger partial charge in [0.1, 0.15) is 0 Å². The lowest BCUT2D eigenvalue weighted by atomic mass is 9.81. The number of likely N-dealkylation sites (N-methyl/N-ethyl adjacent to an activating group) is 2. The van der Waals surface area contributed by atoms with Gasteiger partial charge in [0.25, 0.3) is 0 Å². The standard InChI is InChI=1S/C29H58N2O8/c1-11-12-29(8,37)27(34)20(6)31(10)15-16(2)13-17(3)24(32)18(4)26(19(5)28(35)36)39-23-14-22(30-9)25(33)21(7)38-23/h16-27,30,32-34,37H,11-15H2,1-10H3,(H,35,36)/t16-,17+,18-,19-,20-,21-,22?,23+,24-,25-,26?,27-,29?/m1/s1. The SMILES string of the molecule is CCCC(C)(O)[C@H](O)[C@@H](C)N(C)C[C@H](C)C[C@H](C)[C@@H](O)[C@@H](C)C(O[C@H]1CC(NC)[C@H](O)[C@@H](C)O1)[C@@H](C)C(=O)O. The molecule has 0 amide bonds. The minimum atomic E-state index is -1.16. The molecule has 0 aromatic heterocycles. The highest BCUT2D eigenvalue weighted by Gasteiger charge is 2.41. The van der Waals surface area contributed by atoms with E-state index in [2.05, 4.69) is 12.2 Å². The van der Waals surface area contributed by atoms with Gasteiger partial charge in [-0.1, -0.05) is 34.1 Å². The van der Waals surface area contributed by atoms with E-state index in [9.17, 15) is 30.3 Å². The monoisotopic (exact) mass is 562 g/mol. The maximum atomic E-state index is 11.9. The average Bonchev–Trinajstić information content (AvgIpc) is 2.86. The number of ether oxygens (including phenoxy) is 2. The normalized spacial score (nSPS) is 30.0. The number of nitrogens with one attached hydrogen (secondary N) is 1. The third-order valence-corrected chi connectivity index (χ3v) is 8.83. The molecule has 10 nitrogen and oxygen atoms in total. The van der Waals surface area contributed by atoms with Crippen LogP contribution in [0.3, 0.4) is 0 Å². The summed E-state index contributed by atoms with van der Waals surface area (Å²) in [5, 5.41) is 55.8. The first-order valence-corrected chi connectivity index (χ1v) is 14.7. The summed E-state index contributed by atoms with van der Waals surface area (Å²) < 4.78 is 12.0. The van der Waals surface area contributed by atoms with E-state index in [-0.39, 0.29) is 23.9 Å². The highest BCUT2D eigenvalue weighted by atomic mass is 16.7. The largest absolute Gasteiger partial charge is 0.481 e. The molecule has 39 heavy (non-hydrogen) atoms. The van der Waals surface area contributed by atoms with Crippen LogP contribution in [0.15, 0.2) is 0 Å². The van der Waals surface area contributed by atoms with Crippen LogP contribution < -0.4 is 5.32 Å². The van der Waals surface area contributed by atoms with Crippen LogP contribution in [0.1, 0.15) is 81.1 Å². The Bertz CT molecular complexity index is 725. The fourth-order valence-electron chi connectivity index (χ4n) is 6.07. The van der Waals surface area contributed by atoms with E-state index in [0.717, 1.165) is 6.42 Å². The van der Waals surface area contributed by atoms with Crippen molar-refractivity contribution in [1.29, 1.82) is 0 Å². The molecule has 232 valence electrons. The van der Waals surface area contributed by atoms with Gasteiger partial charge >= 0.3 is 5.97 Å². The third-order valence-electron chi connectivity index (χ3n) is 8.83. The molecule has 0 aromatic carbocycles. The molecule has 0 spiro atoms. The Morgan fingerprint density at radius 2 is 1.79 bits per heavy atom. The Balaban J connectivity index is 2.86. The predicted molar refractivity (Wildman–Crippen MR) is 151 cm³/mol. The van der Waals surface area contributed by atoms with E-state index < -0.39 is 60.2 Å². The summed E-state index contributed by atoms with van der Waals surface area (Å²) in [5.41, 5.74) is -1.16. The fourth-order valence-corrected chi connectivity index (χ4v) is 6.07. The number of aliphatic carboxylic acids is 1. The lowest BCUT2D eigenvalue weighted by Gasteiger charge is -2.41. The molecule has 1 saturated heterocycles. The second kappa shape index (κ2) is 16.0. The quantitative estimate of drug-likeness (QED) is 0.155. The van der Waals surface area contributed by atoms with Gasteiger partial charge in [-0.2, -0.15) is 0 Å². The lowest BCUT2D eigenvalue weighted by molar-refractivity contribution is -0.258. The number of aliphatic hydroxyl groups is 4. The first kappa shape index (κ1) is 36.2. The number of aliphatic hydroxyl groups excluding tert-OH is 3. The Morgan fingerprint density at radius 1 is 1.21 bits per heavy atom. The second-order valence-electron chi connectivity index (χ2n) is 12.5. The van der Waals surface area contributed by atoms with Gasteiger partial charge in [-0.25, -0.2) is 0 Å². The van der Waals surface area contributed by atoms with E-state index in [0.29, 0.717) is 25.8 Å². The zero-order valence-corrected chi connectivity index (χ0v) is 25.9. The van der Waals surface area contributed by atoms with E-state index in [1.807, 2.05) is 39.6 Å². The first-order chi connectivity index (χ1) is 18.0. The van der Waals surface area contributed by atoms with Crippen molar-refractivity contribution in [2.24, 2.45) is 23.7 Å². The van der Waals surface area contributed by atoms with Gasteiger partial charge in [-0.15, -0.1) is 0 Å². The van der Waals surface area contributed by atoms with Crippen LogP contribution in [-0.4, -0.2) is 112 Å². The van der Waals surface area contributed by atoms with Crippen LogP contribution in [0.25, 0.3) is 0 Å². The van der Waals surface area contributed by atoms with Crippen molar-refractivity contribution >= 4 is 5.97 Å². The van der Waals surface area contributed by atoms with Gasteiger partial charge in [0.05, 0.1) is 42.0 Å². The van der Waals surface area contributed by atoms with Crippen LogP contribution in [0.4, 0.5) is 0 Å². The van der Waals surface area contributed by atoms with Gasteiger partial charge in [0, 0.05) is 31.0 Å². The van der Waals surface area contributed by atoms with Gasteiger partial charge in [0.2, 0.25) is 0 Å². The Labute approximate surface area is 236 Å². The Morgan fingerprint density at radius 3 is 2.31 bits per heavy atom. The van der Waals surface area contributed by atoms with Crippen molar-refractivity contribution in [1.82, 2.24) is 10.2 Å². The molecule has 13 atom stereocenters. The minimum absolute atomic E-state index is 0.142. The van der Waals surface area contributed by atoms with Crippen molar-refractivity contribution in [2.45, 2.75) is 136 Å². The zero-order valence-electron chi connectivity index (χ0n) is 25.9. The number of carbonyl (C=O) groups is 1. The molecule has 0 aliphatic carbocycles. The summed E-state index contributed by atoms with van der Waals surface area (Å²) in [5.74, 6) is -2.34. The van der Waals surface area contributed by atoms with Crippen LogP contribution in [0, 0.1) is 23.7 Å². The molecule has 3 unspecified atom stereocenters. The van der Waals surface area contributed by atoms with Crippen LogP contribution in [-0.2, 0) is 14.3 Å². The molecule has 1 rings (SSSR count). The van der Waals surface area contributed by atoms with Gasteiger partial charge in [-0.3, -0.25) is 4.79 Å². The fraction of sp³-hybridized carbons (Fsp3) is 0.966. The molecule has 0 radical (unpaired) electrons. The maximum Gasteiger partial charge on any atom is 0.308 e. The van der Waals surface area contributed by atoms with Gasteiger partial charge in [0.15, 0.2) is 6.29 Å². The molecular formula is C29H58N2O8. The highest BCUT2D eigenvalue weighted by Crippen LogP contribution is 2.31. The van der Waals surface area contributed by atoms with Crippen molar-refractivity contribution in [3.05, 3.63) is 0 Å². The summed E-state index contributed by atoms with van der Waals surface area (Å²) in [6, 6.07) is -0.497. The number of rotatable bonds is 17. The highest BCUT2D eigenvalue weighted by molar-refractivity contribution is 5.70. The van der Waals surface area contributed by atoms with Crippen LogP contribution >= 0.6 is 0 Å². The molecule has 10 heteroatoms. The molecule has 0 aromatic rings. The average molecular weight is 563 g/mol. The molecule has 0 saturated carbocycles. The summed E-state index contributed by atoms with van der Waals surface area (Å²) >= 11 is 0. The number of carboxylic acid groups (broad SMARTS) is 1. The van der Waals surface area contributed by atoms with E-state index in [4.69, 9.17) is 9.47 Å². The van der Waals surface area contributed by atoms with Crippen molar-refractivity contribution in [3.8, 4) is 0 Å². The number of carboxylic acids is 1. The Kier molecular flexibility index (Phi) is 14.8. The Hall–Kier alpha value is -0.850. The first-order valence-electron chi connectivity index (χ1n) is 14.7. The summed E-state index contributed by atoms with van der Waals surface area (Å²) in [7, 11) is 3.68. The molecular weight excluding hydrogens is 504 g/mol. The smallest absolute Gasteiger partial charge is 0.308 e. The maximum absolute atomic E-state index is 11.9. The molecule has 6 N–H and O–H groups in total. The topological polar surface area (TPSA) is 152 Å². The van der Waals surface area contributed by atoms with Crippen molar-refractivity contribution in [2.75, 3.05) is 20.6 Å². The predicted octanol–water partition coefficient (Wildman–Crippen LogP) is 2.07. The summed E-state index contributed by atoms with van der Waals surface area (Å²) in [4.78, 5) is 14.0. The number of hydrogen-bond donors (Lipinski definition) is 6. The van der Waals surface area contributed by atoms with Crippen molar-refractivity contribution < 1.29 is 39.8 Å². The molecule has 1 aliphatic rings. The molecule has 1 aliphatic heterocycles. The lowest BCUT2D eigenvalue weighted by Crippen LogP contribution is -2.54. The van der Waals surface area contributed by atoms with E-state index in [1.54, 1.807) is 27.8 Å². The van der Waals surface area contributed by atoms with Gasteiger partial charge in [-0.05, 0) is 66.5 Å². The van der Waals surface area contributed by atoms with Crippen LogP contribution in [0.5, 0.6) is 0 Å². The molecule has 1 heterocycles. The summed E-state index contributed by atoms with van der Waals surface area (Å²) in [6.07, 6.45) is -2.04. The number of nitrogens with zero attached hydrogens (tertiary/aromatic N) is 1. The van der Waals surface area contributed by atoms with E-state index in [1.165, 1.54) is 0 Å². The second-order valence-corrected chi connectivity index (χ2v) is 12.5. The third kappa shape index (κ3) is 10.2. The van der Waals surface area contributed by atoms with E-state index >= 15 is 0 Å². The molecule has 1 fully saturated rings.